The molecule has 2 nitrogen and oxygen atoms in total. The maximum Gasteiger partial charge on any atom is 0.129 e. The normalized spacial score (nSPS) is 13.5. The third kappa shape index (κ3) is 4.72. The van der Waals surface area contributed by atoms with Crippen LogP contribution in [0.2, 0.25) is 5.02 Å². The van der Waals surface area contributed by atoms with E-state index in [-0.39, 0.29) is 11.9 Å². The van der Waals surface area contributed by atoms with E-state index in [1.54, 1.807) is 12.1 Å². The summed E-state index contributed by atoms with van der Waals surface area (Å²) in [4.78, 5) is 0. The van der Waals surface area contributed by atoms with Crippen LogP contribution in [0.25, 0.3) is 0 Å². The summed E-state index contributed by atoms with van der Waals surface area (Å²) in [6.07, 6.45) is 0. The first kappa shape index (κ1) is 17.4. The summed E-state index contributed by atoms with van der Waals surface area (Å²) in [6, 6.07) is 4.57. The van der Waals surface area contributed by atoms with Gasteiger partial charge in [0.05, 0.1) is 0 Å². The largest absolute Gasteiger partial charge is 0.329 e. The number of benzene rings is 1. The van der Waals surface area contributed by atoms with Crippen LogP contribution < -0.4 is 11.1 Å². The summed E-state index contributed by atoms with van der Waals surface area (Å²) < 4.78 is 13.9. The molecule has 0 radical (unpaired) electrons. The van der Waals surface area contributed by atoms with Crippen molar-refractivity contribution in [1.82, 2.24) is 5.32 Å². The lowest BCUT2D eigenvalue weighted by Gasteiger charge is -2.28. The van der Waals surface area contributed by atoms with Crippen LogP contribution in [-0.4, -0.2) is 13.1 Å². The van der Waals surface area contributed by atoms with Gasteiger partial charge >= 0.3 is 0 Å². The highest BCUT2D eigenvalue weighted by atomic mass is 35.5. The number of halogens is 2. The van der Waals surface area contributed by atoms with E-state index in [9.17, 15) is 4.39 Å². The highest BCUT2D eigenvalue weighted by Gasteiger charge is 2.20. The third-order valence-corrected chi connectivity index (χ3v) is 4.12. The minimum absolute atomic E-state index is 0.174. The van der Waals surface area contributed by atoms with Gasteiger partial charge in [-0.1, -0.05) is 45.4 Å². The van der Waals surface area contributed by atoms with Crippen molar-refractivity contribution < 1.29 is 4.39 Å². The molecule has 0 heterocycles. The standard InChI is InChI=1S/C16H26ClFN2/c1-10(2)14(11(3)4)9-20-16(8-19)13-6-5-12(17)7-15(13)18/h5-7,10-11,14,16,20H,8-9,19H2,1-4H3. The van der Waals surface area contributed by atoms with Crippen LogP contribution in [0.5, 0.6) is 0 Å². The fourth-order valence-electron chi connectivity index (χ4n) is 2.62. The first-order valence-corrected chi connectivity index (χ1v) is 7.63. The summed E-state index contributed by atoms with van der Waals surface area (Å²) in [5.41, 5.74) is 6.37. The predicted octanol–water partition coefficient (Wildman–Crippen LogP) is 4.00. The van der Waals surface area contributed by atoms with E-state index in [1.807, 2.05) is 0 Å². The van der Waals surface area contributed by atoms with Crippen LogP contribution in [0.4, 0.5) is 4.39 Å². The minimum atomic E-state index is -0.300. The number of nitrogens with two attached hydrogens (primary N) is 1. The molecule has 0 aliphatic carbocycles. The Bertz CT molecular complexity index is 413. The number of rotatable bonds is 7. The predicted molar refractivity (Wildman–Crippen MR) is 84.4 cm³/mol. The van der Waals surface area contributed by atoms with Gasteiger partial charge in [0.15, 0.2) is 0 Å². The molecule has 1 unspecified atom stereocenters. The third-order valence-electron chi connectivity index (χ3n) is 3.89. The lowest BCUT2D eigenvalue weighted by molar-refractivity contribution is 0.265. The SMILES string of the molecule is CC(C)C(CNC(CN)c1ccc(Cl)cc1F)C(C)C. The maximum atomic E-state index is 13.9. The highest BCUT2D eigenvalue weighted by molar-refractivity contribution is 6.30. The number of nitrogens with one attached hydrogen (secondary N) is 1. The average Bonchev–Trinajstić information content (AvgIpc) is 2.34. The van der Waals surface area contributed by atoms with E-state index in [1.165, 1.54) is 6.07 Å². The summed E-state index contributed by atoms with van der Waals surface area (Å²) in [6.45, 7) is 10.1. The highest BCUT2D eigenvalue weighted by Crippen LogP contribution is 2.23. The van der Waals surface area contributed by atoms with Crippen molar-refractivity contribution in [2.24, 2.45) is 23.5 Å². The number of hydrogen-bond donors (Lipinski definition) is 2. The van der Waals surface area contributed by atoms with Gasteiger partial charge in [0.2, 0.25) is 0 Å². The molecule has 4 heteroatoms. The van der Waals surface area contributed by atoms with Gasteiger partial charge in [0, 0.05) is 23.2 Å². The molecule has 114 valence electrons. The molecule has 20 heavy (non-hydrogen) atoms. The summed E-state index contributed by atoms with van der Waals surface area (Å²) in [5, 5.41) is 3.81. The Balaban J connectivity index is 2.76. The zero-order valence-electron chi connectivity index (χ0n) is 12.8. The van der Waals surface area contributed by atoms with Gasteiger partial charge in [-0.15, -0.1) is 0 Å². The zero-order chi connectivity index (χ0) is 15.3. The molecule has 0 aliphatic heterocycles. The Morgan fingerprint density at radius 2 is 1.80 bits per heavy atom. The molecule has 1 aromatic carbocycles. The van der Waals surface area contributed by atoms with E-state index >= 15 is 0 Å². The van der Waals surface area contributed by atoms with Gasteiger partial charge in [0.1, 0.15) is 5.82 Å². The maximum absolute atomic E-state index is 13.9. The van der Waals surface area contributed by atoms with Gasteiger partial charge in [0.25, 0.3) is 0 Å². The molecular weight excluding hydrogens is 275 g/mol. The van der Waals surface area contributed by atoms with Crippen molar-refractivity contribution in [1.29, 1.82) is 0 Å². The average molecular weight is 301 g/mol. The van der Waals surface area contributed by atoms with Crippen molar-refractivity contribution in [2.45, 2.75) is 33.7 Å². The van der Waals surface area contributed by atoms with E-state index < -0.39 is 0 Å². The molecular formula is C16H26ClFN2. The van der Waals surface area contributed by atoms with Crippen molar-refractivity contribution in [3.8, 4) is 0 Å². The van der Waals surface area contributed by atoms with Crippen LogP contribution in [0.1, 0.15) is 39.3 Å². The second kappa shape index (κ2) is 7.96. The lowest BCUT2D eigenvalue weighted by Crippen LogP contribution is -2.36. The van der Waals surface area contributed by atoms with Gasteiger partial charge < -0.3 is 11.1 Å². The van der Waals surface area contributed by atoms with Crippen molar-refractivity contribution in [3.05, 3.63) is 34.6 Å². The van der Waals surface area contributed by atoms with E-state index in [0.29, 0.717) is 34.9 Å². The molecule has 1 atom stereocenters. The van der Waals surface area contributed by atoms with E-state index in [2.05, 4.69) is 33.0 Å². The van der Waals surface area contributed by atoms with E-state index in [0.717, 1.165) is 6.54 Å². The molecule has 0 saturated carbocycles. The van der Waals surface area contributed by atoms with Crippen molar-refractivity contribution in [2.75, 3.05) is 13.1 Å². The molecule has 1 rings (SSSR count). The molecule has 0 spiro atoms. The Kier molecular flexibility index (Phi) is 6.93. The van der Waals surface area contributed by atoms with Crippen LogP contribution >= 0.6 is 11.6 Å². The summed E-state index contributed by atoms with van der Waals surface area (Å²) in [5.74, 6) is 1.40. The van der Waals surface area contributed by atoms with E-state index in [4.69, 9.17) is 17.3 Å². The number of hydrogen-bond acceptors (Lipinski definition) is 2. The molecule has 0 amide bonds. The van der Waals surface area contributed by atoms with Crippen molar-refractivity contribution >= 4 is 11.6 Å². The summed E-state index contributed by atoms with van der Waals surface area (Å²) >= 11 is 5.78. The van der Waals surface area contributed by atoms with Gasteiger partial charge in [-0.3, -0.25) is 0 Å². The Morgan fingerprint density at radius 3 is 2.25 bits per heavy atom. The molecule has 0 bridgehead atoms. The molecule has 0 fully saturated rings. The Morgan fingerprint density at radius 1 is 1.20 bits per heavy atom. The van der Waals surface area contributed by atoms with Crippen LogP contribution in [0, 0.1) is 23.6 Å². The quantitative estimate of drug-likeness (QED) is 0.799. The molecule has 3 N–H and O–H groups in total. The fraction of sp³-hybridized carbons (Fsp3) is 0.625. The van der Waals surface area contributed by atoms with Gasteiger partial charge in [-0.05, 0) is 36.4 Å². The molecule has 0 aromatic heterocycles. The molecule has 0 aliphatic rings. The van der Waals surface area contributed by atoms with Crippen LogP contribution in [0.15, 0.2) is 18.2 Å². The van der Waals surface area contributed by atoms with Crippen LogP contribution in [0.3, 0.4) is 0 Å². The summed E-state index contributed by atoms with van der Waals surface area (Å²) in [7, 11) is 0. The molecule has 0 saturated heterocycles. The van der Waals surface area contributed by atoms with Gasteiger partial charge in [-0.2, -0.15) is 0 Å². The Labute approximate surface area is 126 Å². The Hall–Kier alpha value is -0.640. The smallest absolute Gasteiger partial charge is 0.129 e. The first-order chi connectivity index (χ1) is 9.36. The second-order valence-electron chi connectivity index (χ2n) is 6.01. The minimum Gasteiger partial charge on any atom is -0.329 e. The topological polar surface area (TPSA) is 38.0 Å². The lowest BCUT2D eigenvalue weighted by atomic mass is 9.85. The first-order valence-electron chi connectivity index (χ1n) is 7.25. The van der Waals surface area contributed by atoms with Crippen LogP contribution in [-0.2, 0) is 0 Å². The van der Waals surface area contributed by atoms with Gasteiger partial charge in [-0.25, -0.2) is 4.39 Å². The van der Waals surface area contributed by atoms with Crippen molar-refractivity contribution in [3.63, 3.8) is 0 Å². The fourth-order valence-corrected chi connectivity index (χ4v) is 2.78. The monoisotopic (exact) mass is 300 g/mol. The zero-order valence-corrected chi connectivity index (χ0v) is 13.5. The molecule has 1 aromatic rings. The second-order valence-corrected chi connectivity index (χ2v) is 6.45.